The molecule has 0 N–H and O–H groups in total. The maximum atomic E-state index is 13.0. The molecule has 2 aromatic carbocycles. The molecule has 5 heteroatoms. The molecule has 2 aliphatic rings. The molecule has 0 bridgehead atoms. The summed E-state index contributed by atoms with van der Waals surface area (Å²) >= 11 is 0. The van der Waals surface area contributed by atoms with Gasteiger partial charge in [-0.15, -0.1) is 13.2 Å². The van der Waals surface area contributed by atoms with Crippen LogP contribution in [-0.4, -0.2) is 18.4 Å². The van der Waals surface area contributed by atoms with Crippen LogP contribution in [0.2, 0.25) is 0 Å². The zero-order valence-electron chi connectivity index (χ0n) is 16.0. The van der Waals surface area contributed by atoms with Crippen LogP contribution in [-0.2, 0) is 17.6 Å². The van der Waals surface area contributed by atoms with E-state index in [0.29, 0.717) is 35.8 Å². The first-order valence-corrected chi connectivity index (χ1v) is 9.20. The molecule has 2 aromatic rings. The molecule has 2 unspecified atom stereocenters. The fraction of sp³-hybridized carbons (Fsp3) is 0.261. The summed E-state index contributed by atoms with van der Waals surface area (Å²) in [5.41, 5.74) is 4.04. The number of rotatable bonds is 6. The third-order valence-electron chi connectivity index (χ3n) is 5.00. The Hall–Kier alpha value is -3.21. The predicted molar refractivity (Wildman–Crippen MR) is 105 cm³/mol. The van der Waals surface area contributed by atoms with Crippen molar-refractivity contribution in [1.29, 1.82) is 0 Å². The van der Waals surface area contributed by atoms with Crippen molar-refractivity contribution in [1.82, 2.24) is 0 Å². The highest BCUT2D eigenvalue weighted by atomic mass is 16.7. The highest BCUT2D eigenvalue weighted by Crippen LogP contribution is 2.43. The Balaban J connectivity index is 1.55. The van der Waals surface area contributed by atoms with Gasteiger partial charge in [-0.05, 0) is 49.9 Å². The number of aryl methyl sites for hydroxylation is 2. The van der Waals surface area contributed by atoms with Gasteiger partial charge in [-0.1, -0.05) is 24.3 Å². The minimum Gasteiger partial charge on any atom is -0.444 e. The molecule has 5 nitrogen and oxygen atoms in total. The Morgan fingerprint density at radius 2 is 1.25 bits per heavy atom. The van der Waals surface area contributed by atoms with Crippen molar-refractivity contribution in [2.24, 2.45) is 0 Å². The highest BCUT2D eigenvalue weighted by molar-refractivity contribution is 5.88. The first kappa shape index (κ1) is 18.2. The number of benzene rings is 2. The standard InChI is InChI=1S/C23H22O5/c1-5-7-15-13(3)9-11-17-20(15)27-22(25-17)19(24)23-26-18-12-10-14(4)16(8-6-2)21(18)28-23/h5-6,9-12,22-23H,1-2,7-8H2,3-4H3. The summed E-state index contributed by atoms with van der Waals surface area (Å²) in [4.78, 5) is 13.0. The lowest BCUT2D eigenvalue weighted by molar-refractivity contribution is -0.151. The van der Waals surface area contributed by atoms with Gasteiger partial charge in [0.1, 0.15) is 0 Å². The van der Waals surface area contributed by atoms with Crippen molar-refractivity contribution < 1.29 is 23.7 Å². The smallest absolute Gasteiger partial charge is 0.308 e. The normalized spacial score (nSPS) is 18.8. The van der Waals surface area contributed by atoms with E-state index in [1.165, 1.54) is 0 Å². The van der Waals surface area contributed by atoms with E-state index in [0.717, 1.165) is 22.3 Å². The number of carbonyl (C=O) groups is 1. The van der Waals surface area contributed by atoms with Gasteiger partial charge >= 0.3 is 12.6 Å². The van der Waals surface area contributed by atoms with Crippen LogP contribution in [0.5, 0.6) is 23.0 Å². The van der Waals surface area contributed by atoms with Crippen molar-refractivity contribution >= 4 is 5.78 Å². The van der Waals surface area contributed by atoms with Gasteiger partial charge in [-0.25, -0.2) is 0 Å². The predicted octanol–water partition coefficient (Wildman–Crippen LogP) is 4.22. The SMILES string of the molecule is C=CCc1c(C)ccc2c1OC(C(=O)C1Oc3ccc(C)c(CC=C)c3O1)O2. The number of fused-ring (bicyclic) bond motifs is 2. The van der Waals surface area contributed by atoms with Crippen LogP contribution in [0.1, 0.15) is 22.3 Å². The number of hydrogen-bond acceptors (Lipinski definition) is 5. The van der Waals surface area contributed by atoms with Crippen molar-refractivity contribution in [3.63, 3.8) is 0 Å². The van der Waals surface area contributed by atoms with E-state index in [-0.39, 0.29) is 0 Å². The second kappa shape index (κ2) is 7.08. The Labute approximate surface area is 164 Å². The molecule has 144 valence electrons. The van der Waals surface area contributed by atoms with Gasteiger partial charge in [-0.3, -0.25) is 4.79 Å². The van der Waals surface area contributed by atoms with Crippen molar-refractivity contribution in [2.75, 3.05) is 0 Å². The molecule has 0 aromatic heterocycles. The summed E-state index contributed by atoms with van der Waals surface area (Å²) in [6.07, 6.45) is 2.64. The first-order chi connectivity index (χ1) is 13.5. The molecule has 2 heterocycles. The average molecular weight is 378 g/mol. The van der Waals surface area contributed by atoms with Crippen LogP contribution in [0.25, 0.3) is 0 Å². The Bertz CT molecular complexity index is 898. The Kier molecular flexibility index (Phi) is 4.59. The fourth-order valence-corrected chi connectivity index (χ4v) is 3.49. The van der Waals surface area contributed by atoms with E-state index in [1.807, 2.05) is 26.0 Å². The number of allylic oxidation sites excluding steroid dienone is 2. The summed E-state index contributed by atoms with van der Waals surface area (Å²) in [7, 11) is 0. The van der Waals surface area contributed by atoms with E-state index in [2.05, 4.69) is 13.2 Å². The quantitative estimate of drug-likeness (QED) is 0.705. The van der Waals surface area contributed by atoms with Crippen LogP contribution in [0, 0.1) is 13.8 Å². The number of ketones is 1. The molecule has 0 aliphatic carbocycles. The summed E-state index contributed by atoms with van der Waals surface area (Å²) in [6, 6.07) is 7.50. The summed E-state index contributed by atoms with van der Waals surface area (Å²) in [6.45, 7) is 11.5. The molecule has 28 heavy (non-hydrogen) atoms. The van der Waals surface area contributed by atoms with Crippen LogP contribution < -0.4 is 18.9 Å². The van der Waals surface area contributed by atoms with E-state index < -0.39 is 18.4 Å². The summed E-state index contributed by atoms with van der Waals surface area (Å²) in [5, 5.41) is 0. The molecule has 0 saturated carbocycles. The van der Waals surface area contributed by atoms with Crippen LogP contribution >= 0.6 is 0 Å². The second-order valence-corrected chi connectivity index (χ2v) is 6.90. The van der Waals surface area contributed by atoms with Crippen molar-refractivity contribution in [3.8, 4) is 23.0 Å². The maximum Gasteiger partial charge on any atom is 0.308 e. The lowest BCUT2D eigenvalue weighted by Gasteiger charge is -2.14. The number of carbonyl (C=O) groups excluding carboxylic acids is 1. The van der Waals surface area contributed by atoms with Gasteiger partial charge < -0.3 is 18.9 Å². The number of ether oxygens (including phenoxy) is 4. The lowest BCUT2D eigenvalue weighted by Crippen LogP contribution is -2.42. The minimum atomic E-state index is -1.11. The maximum absolute atomic E-state index is 13.0. The molecular formula is C23H22O5. The lowest BCUT2D eigenvalue weighted by atomic mass is 10.0. The van der Waals surface area contributed by atoms with Gasteiger partial charge in [0.2, 0.25) is 0 Å². The summed E-state index contributed by atoms with van der Waals surface area (Å²) < 4.78 is 23.2. The third kappa shape index (κ3) is 2.93. The molecule has 0 spiro atoms. The highest BCUT2D eigenvalue weighted by Gasteiger charge is 2.42. The van der Waals surface area contributed by atoms with Crippen molar-refractivity contribution in [3.05, 3.63) is 71.8 Å². The molecule has 0 amide bonds. The first-order valence-electron chi connectivity index (χ1n) is 9.20. The minimum absolute atomic E-state index is 0.420. The van der Waals surface area contributed by atoms with E-state index in [4.69, 9.17) is 18.9 Å². The molecule has 0 fully saturated rings. The van der Waals surface area contributed by atoms with E-state index in [1.54, 1.807) is 24.3 Å². The van der Waals surface area contributed by atoms with Gasteiger partial charge in [0.25, 0.3) is 5.78 Å². The van der Waals surface area contributed by atoms with Gasteiger partial charge in [0.15, 0.2) is 23.0 Å². The molecular weight excluding hydrogens is 356 g/mol. The van der Waals surface area contributed by atoms with Gasteiger partial charge in [0, 0.05) is 11.1 Å². The second-order valence-electron chi connectivity index (χ2n) is 6.90. The Morgan fingerprint density at radius 1 is 0.821 bits per heavy atom. The van der Waals surface area contributed by atoms with Gasteiger partial charge in [0.05, 0.1) is 0 Å². The Morgan fingerprint density at radius 3 is 1.64 bits per heavy atom. The number of Topliss-reactive ketones (excluding diaryl/α,β-unsaturated/α-hetero) is 1. The third-order valence-corrected chi connectivity index (χ3v) is 5.00. The fourth-order valence-electron chi connectivity index (χ4n) is 3.49. The molecule has 4 rings (SSSR count). The number of hydrogen-bond donors (Lipinski definition) is 0. The monoisotopic (exact) mass is 378 g/mol. The van der Waals surface area contributed by atoms with Crippen molar-refractivity contribution in [2.45, 2.75) is 39.3 Å². The zero-order chi connectivity index (χ0) is 19.8. The molecule has 2 aliphatic heterocycles. The zero-order valence-corrected chi connectivity index (χ0v) is 16.0. The topological polar surface area (TPSA) is 54.0 Å². The summed E-state index contributed by atoms with van der Waals surface area (Å²) in [5.74, 6) is 1.82. The largest absolute Gasteiger partial charge is 0.444 e. The molecule has 2 atom stereocenters. The van der Waals surface area contributed by atoms with Crippen LogP contribution in [0.4, 0.5) is 0 Å². The van der Waals surface area contributed by atoms with Gasteiger partial charge in [-0.2, -0.15) is 0 Å². The van der Waals surface area contributed by atoms with E-state index >= 15 is 0 Å². The molecule has 0 saturated heterocycles. The average Bonchev–Trinajstić information content (AvgIpc) is 3.30. The molecule has 0 radical (unpaired) electrons. The van der Waals surface area contributed by atoms with Crippen LogP contribution in [0.15, 0.2) is 49.6 Å². The van der Waals surface area contributed by atoms with Crippen LogP contribution in [0.3, 0.4) is 0 Å². The van der Waals surface area contributed by atoms with E-state index in [9.17, 15) is 4.79 Å².